The summed E-state index contributed by atoms with van der Waals surface area (Å²) >= 11 is 1.80. The van der Waals surface area contributed by atoms with Crippen molar-refractivity contribution in [2.24, 2.45) is 17.8 Å². The third-order valence-electron chi connectivity index (χ3n) is 6.92. The predicted molar refractivity (Wildman–Crippen MR) is 101 cm³/mol. The topological polar surface area (TPSA) is 12.5 Å². The molecule has 2 aliphatic carbocycles. The molecule has 5 rings (SSSR count). The van der Waals surface area contributed by atoms with Crippen molar-refractivity contribution in [2.75, 3.05) is 26.7 Å². The van der Waals surface area contributed by atoms with E-state index in [1.807, 2.05) is 0 Å². The van der Waals surface area contributed by atoms with Crippen LogP contribution in [0.5, 0.6) is 5.75 Å². The van der Waals surface area contributed by atoms with Gasteiger partial charge in [0.1, 0.15) is 5.75 Å². The lowest BCUT2D eigenvalue weighted by Gasteiger charge is -2.34. The van der Waals surface area contributed by atoms with E-state index in [0.717, 1.165) is 29.4 Å². The largest absolute Gasteiger partial charge is 0.495 e. The number of rotatable bonds is 4. The number of likely N-dealkylation sites (tertiary alicyclic amines) is 1. The van der Waals surface area contributed by atoms with Gasteiger partial charge in [-0.2, -0.15) is 0 Å². The highest BCUT2D eigenvalue weighted by Crippen LogP contribution is 2.57. The van der Waals surface area contributed by atoms with Crippen molar-refractivity contribution in [3.63, 3.8) is 0 Å². The molecule has 2 heterocycles. The second-order valence-electron chi connectivity index (χ2n) is 8.09. The molecule has 2 nitrogen and oxygen atoms in total. The molecule has 2 bridgehead atoms. The average molecular weight is 342 g/mol. The van der Waals surface area contributed by atoms with Gasteiger partial charge in [0.2, 0.25) is 0 Å². The number of benzene rings is 1. The molecule has 0 amide bonds. The second-order valence-corrected chi connectivity index (χ2v) is 9.00. The first-order chi connectivity index (χ1) is 11.8. The third-order valence-corrected chi connectivity index (χ3v) is 7.86. The van der Waals surface area contributed by atoms with Crippen molar-refractivity contribution in [1.29, 1.82) is 0 Å². The van der Waals surface area contributed by atoms with Crippen LogP contribution in [0.15, 0.2) is 23.6 Å². The fraction of sp³-hybridized carbons (Fsp3) is 0.619. The molecule has 4 atom stereocenters. The number of fused-ring (bicyclic) bond motifs is 3. The van der Waals surface area contributed by atoms with Gasteiger partial charge in [-0.25, -0.2) is 0 Å². The summed E-state index contributed by atoms with van der Waals surface area (Å²) in [6.45, 7) is 4.00. The lowest BCUT2D eigenvalue weighted by molar-refractivity contribution is 0.197. The molecule has 3 aliphatic rings. The van der Waals surface area contributed by atoms with Crippen molar-refractivity contribution in [3.8, 4) is 5.75 Å². The highest BCUT2D eigenvalue weighted by molar-refractivity contribution is 7.17. The maximum atomic E-state index is 5.58. The second kappa shape index (κ2) is 6.03. The third kappa shape index (κ3) is 2.40. The molecule has 3 fully saturated rings. The van der Waals surface area contributed by atoms with Crippen molar-refractivity contribution < 1.29 is 4.74 Å². The van der Waals surface area contributed by atoms with Crippen LogP contribution in [0.25, 0.3) is 10.1 Å². The van der Waals surface area contributed by atoms with Crippen LogP contribution in [0, 0.1) is 17.8 Å². The minimum Gasteiger partial charge on any atom is -0.495 e. The molecule has 2 saturated carbocycles. The Morgan fingerprint density at radius 3 is 2.83 bits per heavy atom. The number of thiophene rings is 1. The average Bonchev–Trinajstić information content (AvgIpc) is 3.38. The van der Waals surface area contributed by atoms with Gasteiger partial charge in [0.15, 0.2) is 0 Å². The number of hydrogen-bond donors (Lipinski definition) is 0. The number of methoxy groups -OCH3 is 1. The molecule has 1 saturated heterocycles. The number of ether oxygens (including phenoxy) is 1. The molecule has 24 heavy (non-hydrogen) atoms. The Hall–Kier alpha value is -1.06. The SMILES string of the molecule is COc1csc2ccc([C@@H]3[C@@H]4CC[C@@H](C4)[C@@H]3CN3CCCC3)cc12. The van der Waals surface area contributed by atoms with Crippen LogP contribution < -0.4 is 4.74 Å². The smallest absolute Gasteiger partial charge is 0.137 e. The minimum atomic E-state index is 0.776. The van der Waals surface area contributed by atoms with E-state index in [2.05, 4.69) is 28.5 Å². The lowest BCUT2D eigenvalue weighted by Crippen LogP contribution is -2.33. The Bertz CT molecular complexity index is 733. The molecule has 128 valence electrons. The normalized spacial score (nSPS) is 32.9. The quantitative estimate of drug-likeness (QED) is 0.764. The lowest BCUT2D eigenvalue weighted by atomic mass is 9.75. The molecule has 0 unspecified atom stereocenters. The van der Waals surface area contributed by atoms with Gasteiger partial charge < -0.3 is 9.64 Å². The van der Waals surface area contributed by atoms with Gasteiger partial charge in [0.25, 0.3) is 0 Å². The summed E-state index contributed by atoms with van der Waals surface area (Å²) in [5.74, 6) is 4.60. The molecular weight excluding hydrogens is 314 g/mol. The molecule has 1 aromatic heterocycles. The molecule has 0 radical (unpaired) electrons. The molecule has 1 aliphatic heterocycles. The maximum absolute atomic E-state index is 5.58. The van der Waals surface area contributed by atoms with E-state index < -0.39 is 0 Å². The predicted octanol–water partition coefficient (Wildman–Crippen LogP) is 5.14. The van der Waals surface area contributed by atoms with E-state index >= 15 is 0 Å². The molecule has 3 heteroatoms. The van der Waals surface area contributed by atoms with E-state index in [0.29, 0.717) is 0 Å². The molecular formula is C21H27NOS. The van der Waals surface area contributed by atoms with Crippen LogP contribution >= 0.6 is 11.3 Å². The fourth-order valence-electron chi connectivity index (χ4n) is 5.84. The Morgan fingerprint density at radius 1 is 1.17 bits per heavy atom. The molecule has 2 aromatic rings. The first-order valence-corrected chi connectivity index (χ1v) is 10.5. The van der Waals surface area contributed by atoms with Crippen molar-refractivity contribution in [1.82, 2.24) is 4.90 Å². The van der Waals surface area contributed by atoms with Gasteiger partial charge in [0.05, 0.1) is 7.11 Å². The number of hydrogen-bond acceptors (Lipinski definition) is 3. The van der Waals surface area contributed by atoms with Crippen LogP contribution in [-0.4, -0.2) is 31.6 Å². The molecule has 0 N–H and O–H groups in total. The summed E-state index contributed by atoms with van der Waals surface area (Å²) in [4.78, 5) is 2.74. The van der Waals surface area contributed by atoms with E-state index in [9.17, 15) is 0 Å². The van der Waals surface area contributed by atoms with Crippen LogP contribution in [0.2, 0.25) is 0 Å². The zero-order valence-electron chi connectivity index (χ0n) is 14.5. The van der Waals surface area contributed by atoms with Crippen LogP contribution in [0.4, 0.5) is 0 Å². The Kier molecular flexibility index (Phi) is 3.82. The van der Waals surface area contributed by atoms with E-state index in [-0.39, 0.29) is 0 Å². The highest BCUT2D eigenvalue weighted by Gasteiger charge is 2.48. The van der Waals surface area contributed by atoms with Gasteiger partial charge in [-0.1, -0.05) is 6.07 Å². The Balaban J connectivity index is 1.48. The van der Waals surface area contributed by atoms with Crippen LogP contribution in [0.3, 0.4) is 0 Å². The van der Waals surface area contributed by atoms with Gasteiger partial charge in [-0.05, 0) is 86.6 Å². The maximum Gasteiger partial charge on any atom is 0.137 e. The monoisotopic (exact) mass is 341 g/mol. The summed E-state index contributed by atoms with van der Waals surface area (Å²) in [6, 6.07) is 7.20. The Morgan fingerprint density at radius 2 is 2.00 bits per heavy atom. The zero-order chi connectivity index (χ0) is 16.1. The summed E-state index contributed by atoms with van der Waals surface area (Å²) < 4.78 is 6.94. The van der Waals surface area contributed by atoms with Gasteiger partial charge in [-0.3, -0.25) is 0 Å². The van der Waals surface area contributed by atoms with E-state index in [1.165, 1.54) is 61.8 Å². The number of nitrogens with zero attached hydrogens (tertiary/aromatic N) is 1. The molecule has 0 spiro atoms. The zero-order valence-corrected chi connectivity index (χ0v) is 15.4. The van der Waals surface area contributed by atoms with Crippen molar-refractivity contribution in [2.45, 2.75) is 38.0 Å². The first kappa shape index (κ1) is 15.2. The van der Waals surface area contributed by atoms with Crippen molar-refractivity contribution >= 4 is 21.4 Å². The molecule has 1 aromatic carbocycles. The summed E-state index contributed by atoms with van der Waals surface area (Å²) in [6.07, 6.45) is 7.21. The van der Waals surface area contributed by atoms with Crippen molar-refractivity contribution in [3.05, 3.63) is 29.1 Å². The van der Waals surface area contributed by atoms with Crippen LogP contribution in [0.1, 0.15) is 43.6 Å². The van der Waals surface area contributed by atoms with E-state index in [1.54, 1.807) is 24.0 Å². The standard InChI is InChI=1S/C21H27NOS/c1-23-19-13-24-20-7-6-16(11-17(19)20)21-15-5-4-14(10-15)18(21)12-22-8-2-3-9-22/h6-7,11,13-15,18,21H,2-5,8-10,12H2,1H3/t14-,15+,18-,21-/m0/s1. The fourth-order valence-corrected chi connectivity index (χ4v) is 6.73. The van der Waals surface area contributed by atoms with Crippen LogP contribution in [-0.2, 0) is 0 Å². The summed E-state index contributed by atoms with van der Waals surface area (Å²) in [5.41, 5.74) is 1.58. The first-order valence-electron chi connectivity index (χ1n) is 9.61. The summed E-state index contributed by atoms with van der Waals surface area (Å²) in [7, 11) is 1.79. The highest BCUT2D eigenvalue weighted by atomic mass is 32.1. The summed E-state index contributed by atoms with van der Waals surface area (Å²) in [5, 5.41) is 3.47. The van der Waals surface area contributed by atoms with Gasteiger partial charge in [0, 0.05) is 22.0 Å². The Labute approximate surface area is 148 Å². The minimum absolute atomic E-state index is 0.776. The van der Waals surface area contributed by atoms with E-state index in [4.69, 9.17) is 4.74 Å². The van der Waals surface area contributed by atoms with Gasteiger partial charge in [-0.15, -0.1) is 11.3 Å². The van der Waals surface area contributed by atoms with Gasteiger partial charge >= 0.3 is 0 Å².